The SMILES string of the molecule is c1ccc(-c2cc3c4c5c2-n2c6ccccc6c6cccc(c62)B5c2cccc5c6cccc(c6n-4c25)C32c3ccccc3-c3ccccc32)cc1. The Bertz CT molecular complexity index is 3260. The molecule has 0 saturated heterocycles. The minimum Gasteiger partial charge on any atom is -0.310 e. The van der Waals surface area contributed by atoms with Gasteiger partial charge in [-0.2, -0.15) is 0 Å². The van der Waals surface area contributed by atoms with Gasteiger partial charge in [-0.25, -0.2) is 0 Å². The average Bonchev–Trinajstić information content (AvgIpc) is 3.84. The zero-order valence-corrected chi connectivity index (χ0v) is 28.1. The molecule has 0 N–H and O–H groups in total. The summed E-state index contributed by atoms with van der Waals surface area (Å²) in [5, 5.41) is 5.31. The summed E-state index contributed by atoms with van der Waals surface area (Å²) in [7, 11) is 0. The van der Waals surface area contributed by atoms with E-state index in [-0.39, 0.29) is 6.71 Å². The molecule has 0 radical (unpaired) electrons. The van der Waals surface area contributed by atoms with E-state index >= 15 is 0 Å². The van der Waals surface area contributed by atoms with Gasteiger partial charge in [0.05, 0.1) is 22.1 Å². The van der Waals surface area contributed by atoms with Gasteiger partial charge in [0, 0.05) is 43.8 Å². The number of hydrogen-bond donors (Lipinski definition) is 0. The van der Waals surface area contributed by atoms with Crippen molar-refractivity contribution in [2.45, 2.75) is 5.41 Å². The molecule has 2 aromatic heterocycles. The summed E-state index contributed by atoms with van der Waals surface area (Å²) >= 11 is 0. The standard InChI is InChI=1S/C49H27BN2/c1-2-13-28(14-3-1)35-27-39-48-43-47(35)51-42-26-9-6-17-31(42)32-19-11-24-40(45(32)51)50(43)41-25-12-20-34-33-18-10-23-38(44(33)52(48)46(34)41)49(39)36-21-7-4-15-29(36)30-16-5-8-22-37(30)49/h1-27H. The van der Waals surface area contributed by atoms with E-state index < -0.39 is 5.41 Å². The van der Waals surface area contributed by atoms with Gasteiger partial charge in [-0.3, -0.25) is 0 Å². The number of fused-ring (bicyclic) bond motifs is 14. The molecular weight excluding hydrogens is 627 g/mol. The average molecular weight is 655 g/mol. The third-order valence-corrected chi connectivity index (χ3v) is 13.1. The lowest BCUT2D eigenvalue weighted by Gasteiger charge is -2.44. The second kappa shape index (κ2) is 8.65. The summed E-state index contributed by atoms with van der Waals surface area (Å²) in [6.45, 7) is 0.0823. The van der Waals surface area contributed by atoms with Gasteiger partial charge < -0.3 is 9.13 Å². The van der Waals surface area contributed by atoms with Gasteiger partial charge in [0.15, 0.2) is 0 Å². The number of benzene rings is 8. The third-order valence-electron chi connectivity index (χ3n) is 13.1. The predicted octanol–water partition coefficient (Wildman–Crippen LogP) is 9.37. The molecule has 52 heavy (non-hydrogen) atoms. The molecule has 14 rings (SSSR count). The number of nitrogens with zero attached hydrogens (tertiary/aromatic N) is 2. The molecule has 3 heteroatoms. The third kappa shape index (κ3) is 2.63. The normalized spacial score (nSPS) is 14.7. The molecular formula is C49H27BN2. The smallest absolute Gasteiger partial charge is 0.252 e. The van der Waals surface area contributed by atoms with Gasteiger partial charge in [0.25, 0.3) is 6.71 Å². The van der Waals surface area contributed by atoms with Crippen molar-refractivity contribution < 1.29 is 0 Å². The lowest BCUT2D eigenvalue weighted by atomic mass is 9.33. The van der Waals surface area contributed by atoms with Crippen LogP contribution in [0.2, 0.25) is 0 Å². The Morgan fingerprint density at radius 1 is 0.385 bits per heavy atom. The topological polar surface area (TPSA) is 9.86 Å². The van der Waals surface area contributed by atoms with E-state index in [1.54, 1.807) is 0 Å². The second-order valence-electron chi connectivity index (χ2n) is 15.1. The van der Waals surface area contributed by atoms with E-state index in [0.717, 1.165) is 0 Å². The molecule has 1 aliphatic carbocycles. The largest absolute Gasteiger partial charge is 0.310 e. The van der Waals surface area contributed by atoms with Crippen molar-refractivity contribution in [3.05, 3.63) is 186 Å². The second-order valence-corrected chi connectivity index (χ2v) is 15.1. The van der Waals surface area contributed by atoms with Gasteiger partial charge in [-0.15, -0.1) is 0 Å². The van der Waals surface area contributed by atoms with Gasteiger partial charge in [0.1, 0.15) is 0 Å². The van der Waals surface area contributed by atoms with Gasteiger partial charge >= 0.3 is 0 Å². The first kappa shape index (κ1) is 26.3. The molecule has 0 unspecified atom stereocenters. The first-order valence-corrected chi connectivity index (χ1v) is 18.4. The number of hydrogen-bond acceptors (Lipinski definition) is 0. The van der Waals surface area contributed by atoms with E-state index in [0.29, 0.717) is 0 Å². The summed E-state index contributed by atoms with van der Waals surface area (Å²) in [5.41, 5.74) is 22.4. The zero-order valence-electron chi connectivity index (χ0n) is 28.1. The molecule has 4 aliphatic rings. The highest BCUT2D eigenvalue weighted by atomic mass is 15.1. The fourth-order valence-electron chi connectivity index (χ4n) is 11.4. The van der Waals surface area contributed by atoms with Crippen molar-refractivity contribution in [3.63, 3.8) is 0 Å². The van der Waals surface area contributed by atoms with E-state index in [4.69, 9.17) is 0 Å². The lowest BCUT2D eigenvalue weighted by Crippen LogP contribution is -2.60. The highest BCUT2D eigenvalue weighted by molar-refractivity contribution is 7.00. The molecule has 0 atom stereocenters. The summed E-state index contributed by atoms with van der Waals surface area (Å²) in [4.78, 5) is 0. The van der Waals surface area contributed by atoms with Gasteiger partial charge in [-0.1, -0.05) is 152 Å². The highest BCUT2D eigenvalue weighted by Gasteiger charge is 2.54. The lowest BCUT2D eigenvalue weighted by molar-refractivity contribution is 0.749. The molecule has 0 amide bonds. The fourth-order valence-corrected chi connectivity index (χ4v) is 11.4. The monoisotopic (exact) mass is 654 g/mol. The minimum atomic E-state index is -0.488. The minimum absolute atomic E-state index is 0.0823. The predicted molar refractivity (Wildman–Crippen MR) is 216 cm³/mol. The maximum absolute atomic E-state index is 2.69. The Morgan fingerprint density at radius 2 is 0.942 bits per heavy atom. The summed E-state index contributed by atoms with van der Waals surface area (Å²) in [6.07, 6.45) is 0. The van der Waals surface area contributed by atoms with Gasteiger partial charge in [0.2, 0.25) is 0 Å². The zero-order chi connectivity index (χ0) is 33.4. The van der Waals surface area contributed by atoms with Crippen LogP contribution in [0.5, 0.6) is 0 Å². The van der Waals surface area contributed by atoms with Crippen LogP contribution >= 0.6 is 0 Å². The summed E-state index contributed by atoms with van der Waals surface area (Å²) in [6, 6.07) is 62.4. The Balaban J connectivity index is 1.32. The van der Waals surface area contributed by atoms with Crippen molar-refractivity contribution in [1.29, 1.82) is 0 Å². The molecule has 0 bridgehead atoms. The van der Waals surface area contributed by atoms with Crippen molar-refractivity contribution in [2.24, 2.45) is 0 Å². The Hall–Kier alpha value is -6.58. The van der Waals surface area contributed by atoms with Crippen LogP contribution in [0.4, 0.5) is 0 Å². The molecule has 3 aliphatic heterocycles. The van der Waals surface area contributed by atoms with E-state index in [9.17, 15) is 0 Å². The first-order chi connectivity index (χ1) is 25.9. The van der Waals surface area contributed by atoms with Crippen molar-refractivity contribution >= 4 is 66.7 Å². The number of para-hydroxylation sites is 4. The van der Waals surface area contributed by atoms with Crippen LogP contribution in [0.3, 0.4) is 0 Å². The van der Waals surface area contributed by atoms with E-state index in [1.165, 1.54) is 116 Å². The Kier molecular flexibility index (Phi) is 4.37. The number of rotatable bonds is 1. The quantitative estimate of drug-likeness (QED) is 0.156. The molecule has 10 aromatic rings. The first-order valence-electron chi connectivity index (χ1n) is 18.4. The summed E-state index contributed by atoms with van der Waals surface area (Å²) in [5.74, 6) is 0. The molecule has 0 fully saturated rings. The van der Waals surface area contributed by atoms with Crippen LogP contribution in [0.25, 0.3) is 77.2 Å². The molecule has 236 valence electrons. The van der Waals surface area contributed by atoms with Crippen molar-refractivity contribution in [3.8, 4) is 33.6 Å². The molecule has 5 heterocycles. The van der Waals surface area contributed by atoms with Crippen LogP contribution in [0, 0.1) is 0 Å². The Labute approximate surface area is 299 Å². The van der Waals surface area contributed by atoms with Crippen LogP contribution in [0.1, 0.15) is 22.3 Å². The Morgan fingerprint density at radius 3 is 1.69 bits per heavy atom. The van der Waals surface area contributed by atoms with Crippen molar-refractivity contribution in [1.82, 2.24) is 9.13 Å². The van der Waals surface area contributed by atoms with E-state index in [1.807, 2.05) is 0 Å². The molecule has 2 nitrogen and oxygen atoms in total. The summed E-state index contributed by atoms with van der Waals surface area (Å²) < 4.78 is 5.32. The van der Waals surface area contributed by atoms with Crippen LogP contribution in [-0.2, 0) is 5.41 Å². The van der Waals surface area contributed by atoms with Crippen LogP contribution in [-0.4, -0.2) is 15.8 Å². The molecule has 8 aromatic carbocycles. The number of aromatic nitrogens is 2. The van der Waals surface area contributed by atoms with Crippen LogP contribution in [0.15, 0.2) is 164 Å². The van der Waals surface area contributed by atoms with Gasteiger partial charge in [-0.05, 0) is 67.5 Å². The maximum Gasteiger partial charge on any atom is 0.252 e. The van der Waals surface area contributed by atoms with Crippen molar-refractivity contribution in [2.75, 3.05) is 0 Å². The molecule has 0 saturated carbocycles. The highest BCUT2D eigenvalue weighted by Crippen LogP contribution is 2.62. The molecule has 1 spiro atoms. The van der Waals surface area contributed by atoms with Crippen LogP contribution < -0.4 is 16.4 Å². The maximum atomic E-state index is 2.69. The van der Waals surface area contributed by atoms with E-state index in [2.05, 4.69) is 173 Å². The fraction of sp³-hybridized carbons (Fsp3) is 0.0204.